The predicted octanol–water partition coefficient (Wildman–Crippen LogP) is 4.49. The molecule has 0 fully saturated rings. The van der Waals surface area contributed by atoms with Crippen LogP contribution in [0.4, 0.5) is 0 Å². The summed E-state index contributed by atoms with van der Waals surface area (Å²) < 4.78 is 6.94. The summed E-state index contributed by atoms with van der Waals surface area (Å²) in [5.41, 5.74) is 2.94. The van der Waals surface area contributed by atoms with Crippen LogP contribution >= 0.6 is 15.9 Å². The number of aryl methyl sites for hydroxylation is 1. The van der Waals surface area contributed by atoms with Crippen molar-refractivity contribution in [2.75, 3.05) is 0 Å². The molecule has 0 saturated heterocycles. The average Bonchev–Trinajstić information content (AvgIpc) is 2.60. The molecule has 0 spiro atoms. The number of nitrogens with zero attached hydrogens (tertiary/aromatic N) is 1. The Morgan fingerprint density at radius 3 is 2.63 bits per heavy atom. The summed E-state index contributed by atoms with van der Waals surface area (Å²) in [5, 5.41) is 0. The summed E-state index contributed by atoms with van der Waals surface area (Å²) in [4.78, 5) is 11.9. The molecule has 1 atom stereocenters. The monoisotopic (exact) mass is 325 g/mol. The molecular formula is C15H20BrNO2. The Labute approximate surface area is 121 Å². The number of aromatic nitrogens is 1. The molecule has 104 valence electrons. The van der Waals surface area contributed by atoms with Gasteiger partial charge in [0, 0.05) is 11.4 Å². The number of alkyl halides is 1. The van der Waals surface area contributed by atoms with Crippen molar-refractivity contribution in [2.45, 2.75) is 45.5 Å². The van der Waals surface area contributed by atoms with Crippen LogP contribution in [0.15, 0.2) is 27.4 Å². The standard InChI is InChI=1S/C15H20BrNO2/c1-5-17-12-7-6-10(8-13(12)19-14(17)18)11(16)9-15(2,3)4/h6-8,11H,5,9H2,1-4H3. The Bertz CT molecular complexity index is 634. The lowest BCUT2D eigenvalue weighted by molar-refractivity contribution is 0.377. The fraction of sp³-hybridized carbons (Fsp3) is 0.533. The minimum atomic E-state index is -0.281. The molecule has 19 heavy (non-hydrogen) atoms. The summed E-state index contributed by atoms with van der Waals surface area (Å²) >= 11 is 3.72. The van der Waals surface area contributed by atoms with E-state index in [1.807, 2.05) is 19.1 Å². The Kier molecular flexibility index (Phi) is 3.90. The van der Waals surface area contributed by atoms with Crippen LogP contribution in [0.2, 0.25) is 0 Å². The van der Waals surface area contributed by atoms with Crippen molar-refractivity contribution in [1.29, 1.82) is 0 Å². The summed E-state index contributed by atoms with van der Waals surface area (Å²) in [6.07, 6.45) is 1.03. The molecule has 1 heterocycles. The van der Waals surface area contributed by atoms with E-state index >= 15 is 0 Å². The molecule has 0 aliphatic heterocycles. The normalized spacial score (nSPS) is 13.9. The van der Waals surface area contributed by atoms with Crippen LogP contribution < -0.4 is 5.76 Å². The molecule has 1 aromatic carbocycles. The summed E-state index contributed by atoms with van der Waals surface area (Å²) in [6, 6.07) is 6.00. The van der Waals surface area contributed by atoms with E-state index in [9.17, 15) is 4.79 Å². The first-order valence-corrected chi connectivity index (χ1v) is 7.51. The van der Waals surface area contributed by atoms with E-state index in [4.69, 9.17) is 4.42 Å². The summed E-state index contributed by atoms with van der Waals surface area (Å²) in [6.45, 7) is 9.22. The molecule has 0 bridgehead atoms. The number of hydrogen-bond acceptors (Lipinski definition) is 2. The van der Waals surface area contributed by atoms with Gasteiger partial charge in [-0.2, -0.15) is 0 Å². The largest absolute Gasteiger partial charge is 0.419 e. The fourth-order valence-electron chi connectivity index (χ4n) is 2.23. The third kappa shape index (κ3) is 3.11. The van der Waals surface area contributed by atoms with Gasteiger partial charge in [-0.3, -0.25) is 4.57 Å². The smallest absolute Gasteiger partial charge is 0.408 e. The van der Waals surface area contributed by atoms with Gasteiger partial charge in [0.1, 0.15) is 0 Å². The van der Waals surface area contributed by atoms with Crippen molar-refractivity contribution in [3.8, 4) is 0 Å². The number of hydrogen-bond donors (Lipinski definition) is 0. The summed E-state index contributed by atoms with van der Waals surface area (Å²) in [5.74, 6) is -0.281. The molecule has 4 heteroatoms. The Hall–Kier alpha value is -1.03. The molecule has 2 rings (SSSR count). The topological polar surface area (TPSA) is 35.1 Å². The molecule has 0 aliphatic carbocycles. The number of fused-ring (bicyclic) bond motifs is 1. The van der Waals surface area contributed by atoms with Gasteiger partial charge >= 0.3 is 5.76 Å². The third-order valence-electron chi connectivity index (χ3n) is 3.16. The highest BCUT2D eigenvalue weighted by molar-refractivity contribution is 9.09. The number of oxazole rings is 1. The average molecular weight is 326 g/mol. The summed E-state index contributed by atoms with van der Waals surface area (Å²) in [7, 11) is 0. The van der Waals surface area contributed by atoms with E-state index in [1.54, 1.807) is 4.57 Å². The van der Waals surface area contributed by atoms with Gasteiger partial charge in [-0.25, -0.2) is 4.79 Å². The Morgan fingerprint density at radius 2 is 2.05 bits per heavy atom. The molecule has 2 aromatic rings. The highest BCUT2D eigenvalue weighted by atomic mass is 79.9. The van der Waals surface area contributed by atoms with E-state index < -0.39 is 0 Å². The lowest BCUT2D eigenvalue weighted by atomic mass is 9.88. The minimum Gasteiger partial charge on any atom is -0.408 e. The second kappa shape index (κ2) is 5.16. The van der Waals surface area contributed by atoms with Crippen LogP contribution in [0.1, 0.15) is 44.5 Å². The van der Waals surface area contributed by atoms with E-state index in [2.05, 4.69) is 42.8 Å². The molecule has 1 aromatic heterocycles. The van der Waals surface area contributed by atoms with E-state index in [-0.39, 0.29) is 16.0 Å². The maximum Gasteiger partial charge on any atom is 0.419 e. The van der Waals surface area contributed by atoms with Crippen LogP contribution in [0.5, 0.6) is 0 Å². The van der Waals surface area contributed by atoms with Gasteiger partial charge in [-0.05, 0) is 36.5 Å². The van der Waals surface area contributed by atoms with Crippen molar-refractivity contribution in [2.24, 2.45) is 5.41 Å². The van der Waals surface area contributed by atoms with Crippen molar-refractivity contribution >= 4 is 27.0 Å². The molecule has 1 unspecified atom stereocenters. The number of halogens is 1. The van der Waals surface area contributed by atoms with Gasteiger partial charge in [0.05, 0.1) is 5.52 Å². The van der Waals surface area contributed by atoms with Crippen LogP contribution in [0.25, 0.3) is 11.1 Å². The minimum absolute atomic E-state index is 0.249. The molecule has 0 radical (unpaired) electrons. The van der Waals surface area contributed by atoms with Crippen LogP contribution in [-0.2, 0) is 6.54 Å². The van der Waals surface area contributed by atoms with Gasteiger partial charge in [-0.1, -0.05) is 42.8 Å². The highest BCUT2D eigenvalue weighted by Crippen LogP contribution is 2.36. The van der Waals surface area contributed by atoms with Crippen molar-refractivity contribution < 1.29 is 4.42 Å². The Morgan fingerprint density at radius 1 is 1.37 bits per heavy atom. The van der Waals surface area contributed by atoms with E-state index in [0.717, 1.165) is 17.5 Å². The molecular weight excluding hydrogens is 306 g/mol. The SMILES string of the molecule is CCn1c(=O)oc2cc(C(Br)CC(C)(C)C)ccc21. The zero-order chi connectivity index (χ0) is 14.2. The first-order chi connectivity index (χ1) is 8.81. The maximum absolute atomic E-state index is 11.7. The van der Waals surface area contributed by atoms with Crippen molar-refractivity contribution in [3.05, 3.63) is 34.3 Å². The molecule has 0 amide bonds. The third-order valence-corrected chi connectivity index (χ3v) is 4.01. The lowest BCUT2D eigenvalue weighted by Gasteiger charge is -2.22. The molecule has 0 aliphatic rings. The lowest BCUT2D eigenvalue weighted by Crippen LogP contribution is -2.12. The van der Waals surface area contributed by atoms with Crippen molar-refractivity contribution in [3.63, 3.8) is 0 Å². The molecule has 0 saturated carbocycles. The molecule has 3 nitrogen and oxygen atoms in total. The van der Waals surface area contributed by atoms with Crippen LogP contribution in [0.3, 0.4) is 0 Å². The van der Waals surface area contributed by atoms with Gasteiger partial charge in [-0.15, -0.1) is 0 Å². The van der Waals surface area contributed by atoms with Gasteiger partial charge in [0.15, 0.2) is 5.58 Å². The predicted molar refractivity (Wildman–Crippen MR) is 81.9 cm³/mol. The van der Waals surface area contributed by atoms with Gasteiger partial charge in [0.2, 0.25) is 0 Å². The van der Waals surface area contributed by atoms with Gasteiger partial charge in [0.25, 0.3) is 0 Å². The second-order valence-corrected chi connectivity index (χ2v) is 7.18. The van der Waals surface area contributed by atoms with Gasteiger partial charge < -0.3 is 4.42 Å². The first-order valence-electron chi connectivity index (χ1n) is 6.59. The Balaban J connectivity index is 2.40. The van der Waals surface area contributed by atoms with E-state index in [0.29, 0.717) is 12.1 Å². The first kappa shape index (κ1) is 14.4. The highest BCUT2D eigenvalue weighted by Gasteiger charge is 2.19. The zero-order valence-corrected chi connectivity index (χ0v) is 13.5. The quantitative estimate of drug-likeness (QED) is 0.779. The fourth-order valence-corrected chi connectivity index (χ4v) is 3.49. The zero-order valence-electron chi connectivity index (χ0n) is 11.9. The van der Waals surface area contributed by atoms with Crippen molar-refractivity contribution in [1.82, 2.24) is 4.57 Å². The maximum atomic E-state index is 11.7. The molecule has 0 N–H and O–H groups in total. The second-order valence-electron chi connectivity index (χ2n) is 6.07. The van der Waals surface area contributed by atoms with Crippen LogP contribution in [-0.4, -0.2) is 4.57 Å². The van der Waals surface area contributed by atoms with E-state index in [1.165, 1.54) is 0 Å². The number of rotatable bonds is 3. The van der Waals surface area contributed by atoms with Crippen LogP contribution in [0, 0.1) is 5.41 Å². The number of benzene rings is 1.